The Morgan fingerprint density at radius 2 is 1.87 bits per heavy atom. The van der Waals surface area contributed by atoms with Gasteiger partial charge in [0.1, 0.15) is 5.78 Å². The van der Waals surface area contributed by atoms with E-state index in [1.807, 2.05) is 13.8 Å². The van der Waals surface area contributed by atoms with Crippen molar-refractivity contribution in [1.82, 2.24) is 15.3 Å². The van der Waals surface area contributed by atoms with Crippen molar-refractivity contribution in [2.75, 3.05) is 6.61 Å². The molecule has 0 atom stereocenters. The lowest BCUT2D eigenvalue weighted by atomic mass is 10.0. The predicted octanol–water partition coefficient (Wildman–Crippen LogP) is 3.73. The second-order valence-electron chi connectivity index (χ2n) is 7.32. The maximum absolute atomic E-state index is 12.5. The Balaban J connectivity index is 2.03. The third-order valence-corrected chi connectivity index (χ3v) is 4.29. The van der Waals surface area contributed by atoms with Crippen molar-refractivity contribution in [3.8, 4) is 5.88 Å². The monoisotopic (exact) mass is 423 g/mol. The number of hydrogen-bond acceptors (Lipinski definition) is 5. The summed E-state index contributed by atoms with van der Waals surface area (Å²) in [5.41, 5.74) is 2.81. The molecule has 0 aliphatic carbocycles. The lowest BCUT2D eigenvalue weighted by Gasteiger charge is -2.12. The van der Waals surface area contributed by atoms with Crippen molar-refractivity contribution in [2.24, 2.45) is 5.92 Å². The van der Waals surface area contributed by atoms with Crippen LogP contribution in [0.3, 0.4) is 0 Å². The number of ether oxygens (including phenoxy) is 1. The van der Waals surface area contributed by atoms with Crippen LogP contribution < -0.4 is 10.1 Å². The Morgan fingerprint density at radius 3 is 2.47 bits per heavy atom. The van der Waals surface area contributed by atoms with Gasteiger partial charge in [-0.2, -0.15) is 13.2 Å². The maximum Gasteiger partial charge on any atom is 0.422 e. The van der Waals surface area contributed by atoms with Crippen LogP contribution in [0, 0.1) is 19.8 Å². The Hall–Kier alpha value is -2.97. The van der Waals surface area contributed by atoms with Crippen molar-refractivity contribution in [3.63, 3.8) is 0 Å². The number of Topliss-reactive ketones (excluding diaryl/α,β-unsaturated/α-hetero) is 1. The third kappa shape index (κ3) is 7.13. The van der Waals surface area contributed by atoms with Gasteiger partial charge in [0.25, 0.3) is 5.91 Å². The molecule has 0 unspecified atom stereocenters. The fourth-order valence-electron chi connectivity index (χ4n) is 2.60. The van der Waals surface area contributed by atoms with Gasteiger partial charge in [0.2, 0.25) is 5.88 Å². The van der Waals surface area contributed by atoms with Gasteiger partial charge in [0, 0.05) is 48.1 Å². The first kappa shape index (κ1) is 23.3. The minimum absolute atomic E-state index is 0.0361. The van der Waals surface area contributed by atoms with E-state index in [-0.39, 0.29) is 36.5 Å². The summed E-state index contributed by atoms with van der Waals surface area (Å²) < 4.78 is 41.3. The number of aryl methyl sites for hydroxylation is 2. The Bertz CT molecular complexity index is 927. The van der Waals surface area contributed by atoms with Gasteiger partial charge in [-0.1, -0.05) is 13.8 Å². The number of nitrogens with one attached hydrogen (secondary N) is 1. The van der Waals surface area contributed by atoms with Gasteiger partial charge in [0.05, 0.1) is 0 Å². The molecular weight excluding hydrogens is 399 g/mol. The molecule has 0 aliphatic heterocycles. The van der Waals surface area contributed by atoms with E-state index < -0.39 is 12.8 Å². The lowest BCUT2D eigenvalue weighted by Crippen LogP contribution is -2.24. The minimum atomic E-state index is -4.44. The van der Waals surface area contributed by atoms with Gasteiger partial charge in [-0.25, -0.2) is 4.98 Å². The van der Waals surface area contributed by atoms with E-state index >= 15 is 0 Å². The van der Waals surface area contributed by atoms with E-state index in [9.17, 15) is 22.8 Å². The summed E-state index contributed by atoms with van der Waals surface area (Å²) >= 11 is 0. The summed E-state index contributed by atoms with van der Waals surface area (Å²) in [4.78, 5) is 32.7. The molecule has 1 N–H and O–H groups in total. The first-order chi connectivity index (χ1) is 13.9. The highest BCUT2D eigenvalue weighted by molar-refractivity contribution is 5.94. The molecule has 30 heavy (non-hydrogen) atoms. The number of ketones is 1. The molecule has 0 spiro atoms. The summed E-state index contributed by atoms with van der Waals surface area (Å²) in [5.74, 6) is -0.572. The van der Waals surface area contributed by atoms with Gasteiger partial charge >= 0.3 is 6.18 Å². The van der Waals surface area contributed by atoms with Crippen molar-refractivity contribution >= 4 is 11.7 Å². The van der Waals surface area contributed by atoms with Crippen molar-refractivity contribution < 1.29 is 27.5 Å². The van der Waals surface area contributed by atoms with Crippen LogP contribution in [0.2, 0.25) is 0 Å². The second-order valence-corrected chi connectivity index (χ2v) is 7.32. The number of rotatable bonds is 8. The molecule has 0 radical (unpaired) electrons. The molecule has 0 bridgehead atoms. The maximum atomic E-state index is 12.5. The van der Waals surface area contributed by atoms with E-state index in [2.05, 4.69) is 20.0 Å². The van der Waals surface area contributed by atoms with Crippen molar-refractivity contribution in [3.05, 3.63) is 52.5 Å². The first-order valence-corrected chi connectivity index (χ1v) is 9.38. The third-order valence-electron chi connectivity index (χ3n) is 4.29. The number of pyridine rings is 2. The number of halogens is 3. The van der Waals surface area contributed by atoms with Gasteiger partial charge in [-0.15, -0.1) is 0 Å². The van der Waals surface area contributed by atoms with Gasteiger partial charge < -0.3 is 10.1 Å². The van der Waals surface area contributed by atoms with Crippen LogP contribution in [-0.2, 0) is 17.8 Å². The fourth-order valence-corrected chi connectivity index (χ4v) is 2.60. The average Bonchev–Trinajstić information content (AvgIpc) is 2.64. The number of amides is 1. The van der Waals surface area contributed by atoms with Crippen LogP contribution in [0.4, 0.5) is 13.2 Å². The van der Waals surface area contributed by atoms with E-state index in [1.54, 1.807) is 26.0 Å². The zero-order chi connectivity index (χ0) is 22.5. The number of aromatic nitrogens is 2. The van der Waals surface area contributed by atoms with Crippen LogP contribution in [0.15, 0.2) is 24.4 Å². The topological polar surface area (TPSA) is 81.2 Å². The molecular formula is C21H24F3N3O3. The summed E-state index contributed by atoms with van der Waals surface area (Å²) in [7, 11) is 0. The predicted molar refractivity (Wildman–Crippen MR) is 104 cm³/mol. The van der Waals surface area contributed by atoms with E-state index in [4.69, 9.17) is 0 Å². The number of carbonyl (C=O) groups excluding carboxylic acids is 2. The number of carbonyl (C=O) groups is 2. The van der Waals surface area contributed by atoms with Gasteiger partial charge in [-0.05, 0) is 37.1 Å². The smallest absolute Gasteiger partial charge is 0.422 e. The second kappa shape index (κ2) is 9.69. The van der Waals surface area contributed by atoms with E-state index in [0.717, 1.165) is 0 Å². The zero-order valence-corrected chi connectivity index (χ0v) is 17.3. The standard InChI is InChI=1S/C21H24F3N3O3/c1-12(2)18(28)8-17-7-15(6-14(4)27-17)20(29)26-10-16-9-25-19(5-13(16)3)30-11-21(22,23)24/h5-7,9,12H,8,10-11H2,1-4H3,(H,26,29). The molecule has 2 rings (SSSR count). The molecule has 0 aliphatic rings. The van der Waals surface area contributed by atoms with Gasteiger partial charge in [-0.3, -0.25) is 14.6 Å². The fraction of sp³-hybridized carbons (Fsp3) is 0.429. The Labute approximate surface area is 172 Å². The molecule has 2 heterocycles. The SMILES string of the molecule is Cc1cc(C(=O)NCc2cnc(OCC(F)(F)F)cc2C)cc(CC(=O)C(C)C)n1. The van der Waals surface area contributed by atoms with Crippen LogP contribution >= 0.6 is 0 Å². The number of hydrogen-bond donors (Lipinski definition) is 1. The normalized spacial score (nSPS) is 11.5. The van der Waals surface area contributed by atoms with Crippen LogP contribution in [0.25, 0.3) is 0 Å². The Morgan fingerprint density at radius 1 is 1.17 bits per heavy atom. The Kier molecular flexibility index (Phi) is 7.53. The van der Waals surface area contributed by atoms with Crippen LogP contribution in [0.1, 0.15) is 46.7 Å². The van der Waals surface area contributed by atoms with Crippen molar-refractivity contribution in [2.45, 2.75) is 46.8 Å². The number of nitrogens with zero attached hydrogens (tertiary/aromatic N) is 2. The molecule has 2 aromatic rings. The lowest BCUT2D eigenvalue weighted by molar-refractivity contribution is -0.154. The molecule has 1 amide bonds. The largest absolute Gasteiger partial charge is 0.468 e. The average molecular weight is 423 g/mol. The summed E-state index contributed by atoms with van der Waals surface area (Å²) in [6, 6.07) is 4.60. The highest BCUT2D eigenvalue weighted by Gasteiger charge is 2.28. The number of alkyl halides is 3. The molecule has 0 aromatic carbocycles. The zero-order valence-electron chi connectivity index (χ0n) is 17.3. The van der Waals surface area contributed by atoms with E-state index in [1.165, 1.54) is 12.3 Å². The molecule has 2 aromatic heterocycles. The summed E-state index contributed by atoms with van der Waals surface area (Å²) in [6.45, 7) is 5.77. The highest BCUT2D eigenvalue weighted by atomic mass is 19.4. The molecule has 6 nitrogen and oxygen atoms in total. The van der Waals surface area contributed by atoms with Crippen LogP contribution in [-0.4, -0.2) is 34.4 Å². The minimum Gasteiger partial charge on any atom is -0.468 e. The summed E-state index contributed by atoms with van der Waals surface area (Å²) in [5, 5.41) is 2.75. The molecule has 162 valence electrons. The molecule has 0 saturated heterocycles. The highest BCUT2D eigenvalue weighted by Crippen LogP contribution is 2.19. The first-order valence-electron chi connectivity index (χ1n) is 9.38. The molecule has 0 saturated carbocycles. The molecule has 0 fully saturated rings. The quantitative estimate of drug-likeness (QED) is 0.700. The van der Waals surface area contributed by atoms with Crippen LogP contribution in [0.5, 0.6) is 5.88 Å². The molecule has 9 heteroatoms. The van der Waals surface area contributed by atoms with Crippen molar-refractivity contribution in [1.29, 1.82) is 0 Å². The van der Waals surface area contributed by atoms with E-state index in [0.29, 0.717) is 28.1 Å². The summed E-state index contributed by atoms with van der Waals surface area (Å²) in [6.07, 6.45) is -2.92. The van der Waals surface area contributed by atoms with Gasteiger partial charge in [0.15, 0.2) is 6.61 Å².